The minimum absolute atomic E-state index is 0.714. The number of aryl methyl sites for hydroxylation is 1. The van der Waals surface area contributed by atoms with Crippen LogP contribution in [0.2, 0.25) is 0 Å². The Morgan fingerprint density at radius 2 is 2.25 bits per heavy atom. The highest BCUT2D eigenvalue weighted by atomic mass is 15.0. The molecule has 0 amide bonds. The maximum atomic E-state index is 5.50. The van der Waals surface area contributed by atoms with Crippen molar-refractivity contribution in [3.05, 3.63) is 30.1 Å². The molecule has 1 aromatic heterocycles. The predicted molar refractivity (Wildman–Crippen MR) is 49.7 cm³/mol. The second-order valence-corrected chi connectivity index (χ2v) is 2.92. The summed E-state index contributed by atoms with van der Waals surface area (Å²) in [7, 11) is 0. The number of hydrogen-bond donors (Lipinski definition) is 1. The first-order valence-corrected chi connectivity index (χ1v) is 4.56. The Bertz CT molecular complexity index is 208. The number of nitrogens with zero attached hydrogens (tertiary/aromatic N) is 1. The fourth-order valence-electron chi connectivity index (χ4n) is 1.35. The van der Waals surface area contributed by atoms with E-state index in [0.717, 1.165) is 13.0 Å². The summed E-state index contributed by atoms with van der Waals surface area (Å²) >= 11 is 0. The standard InChI is InChI=1S/C10H17N2/c1-2-5-10-6-3-4-8-12(10)9-7-11/h3-4,6,8H,2,5,7,9,11H2,1H3/q+1. The first-order chi connectivity index (χ1) is 5.88. The molecule has 1 heterocycles. The molecule has 0 aliphatic carbocycles. The molecule has 0 aliphatic rings. The molecule has 0 unspecified atom stereocenters. The summed E-state index contributed by atoms with van der Waals surface area (Å²) in [6.07, 6.45) is 4.42. The first kappa shape index (κ1) is 9.20. The summed E-state index contributed by atoms with van der Waals surface area (Å²) in [6, 6.07) is 6.30. The second-order valence-electron chi connectivity index (χ2n) is 2.92. The smallest absolute Gasteiger partial charge is 0.181 e. The molecular weight excluding hydrogens is 148 g/mol. The van der Waals surface area contributed by atoms with Crippen LogP contribution < -0.4 is 10.3 Å². The summed E-state index contributed by atoms with van der Waals surface area (Å²) in [6.45, 7) is 3.83. The van der Waals surface area contributed by atoms with Gasteiger partial charge < -0.3 is 5.73 Å². The Kier molecular flexibility index (Phi) is 3.74. The highest BCUT2D eigenvalue weighted by Crippen LogP contribution is 1.95. The largest absolute Gasteiger partial charge is 0.325 e. The van der Waals surface area contributed by atoms with Gasteiger partial charge in [-0.3, -0.25) is 0 Å². The van der Waals surface area contributed by atoms with Crippen molar-refractivity contribution in [2.45, 2.75) is 26.3 Å². The Balaban J connectivity index is 2.77. The fourth-order valence-corrected chi connectivity index (χ4v) is 1.35. The van der Waals surface area contributed by atoms with Crippen molar-refractivity contribution < 1.29 is 4.57 Å². The van der Waals surface area contributed by atoms with Crippen LogP contribution in [0, 0.1) is 0 Å². The van der Waals surface area contributed by atoms with Crippen LogP contribution in [-0.4, -0.2) is 6.54 Å². The van der Waals surface area contributed by atoms with Crippen molar-refractivity contribution in [3.63, 3.8) is 0 Å². The SMILES string of the molecule is CCCc1cccc[n+]1CCN. The normalized spacial score (nSPS) is 10.2. The van der Waals surface area contributed by atoms with Crippen LogP contribution in [0.25, 0.3) is 0 Å². The molecule has 0 bridgehead atoms. The minimum Gasteiger partial charge on any atom is -0.325 e. The lowest BCUT2D eigenvalue weighted by Crippen LogP contribution is -2.41. The zero-order chi connectivity index (χ0) is 8.81. The highest BCUT2D eigenvalue weighted by molar-refractivity contribution is 4.97. The zero-order valence-electron chi connectivity index (χ0n) is 7.66. The van der Waals surface area contributed by atoms with Gasteiger partial charge in [0.1, 0.15) is 0 Å². The van der Waals surface area contributed by atoms with Crippen molar-refractivity contribution in [2.75, 3.05) is 6.54 Å². The van der Waals surface area contributed by atoms with Crippen molar-refractivity contribution in [2.24, 2.45) is 5.73 Å². The number of hydrogen-bond acceptors (Lipinski definition) is 1. The number of aromatic nitrogens is 1. The lowest BCUT2D eigenvalue weighted by Gasteiger charge is -2.00. The van der Waals surface area contributed by atoms with Gasteiger partial charge >= 0.3 is 0 Å². The molecule has 0 atom stereocenters. The summed E-state index contributed by atoms with van der Waals surface area (Å²) in [5.41, 5.74) is 6.88. The Morgan fingerprint density at radius 1 is 1.42 bits per heavy atom. The average molecular weight is 165 g/mol. The van der Waals surface area contributed by atoms with E-state index in [2.05, 4.69) is 35.9 Å². The Labute approximate surface area is 74.0 Å². The monoisotopic (exact) mass is 165 g/mol. The second kappa shape index (κ2) is 4.88. The molecule has 1 aromatic rings. The Morgan fingerprint density at radius 3 is 2.92 bits per heavy atom. The van der Waals surface area contributed by atoms with Gasteiger partial charge in [-0.1, -0.05) is 13.0 Å². The van der Waals surface area contributed by atoms with Gasteiger partial charge in [0.05, 0.1) is 6.54 Å². The molecule has 0 aliphatic heterocycles. The first-order valence-electron chi connectivity index (χ1n) is 4.56. The van der Waals surface area contributed by atoms with Crippen LogP contribution in [0.4, 0.5) is 0 Å². The maximum Gasteiger partial charge on any atom is 0.181 e. The summed E-state index contributed by atoms with van der Waals surface area (Å²) < 4.78 is 2.23. The predicted octanol–water partition coefficient (Wildman–Crippen LogP) is 0.885. The van der Waals surface area contributed by atoms with Gasteiger partial charge in [0.2, 0.25) is 0 Å². The van der Waals surface area contributed by atoms with Crippen LogP contribution in [0.1, 0.15) is 19.0 Å². The number of rotatable bonds is 4. The van der Waals surface area contributed by atoms with Gasteiger partial charge in [0.25, 0.3) is 0 Å². The maximum absolute atomic E-state index is 5.50. The van der Waals surface area contributed by atoms with Gasteiger partial charge in [-0.15, -0.1) is 0 Å². The highest BCUT2D eigenvalue weighted by Gasteiger charge is 2.05. The van der Waals surface area contributed by atoms with E-state index in [1.165, 1.54) is 12.1 Å². The van der Waals surface area contributed by atoms with Crippen molar-refractivity contribution in [3.8, 4) is 0 Å². The van der Waals surface area contributed by atoms with Crippen molar-refractivity contribution >= 4 is 0 Å². The summed E-state index contributed by atoms with van der Waals surface area (Å²) in [5.74, 6) is 0. The zero-order valence-corrected chi connectivity index (χ0v) is 7.66. The number of pyridine rings is 1. The molecule has 0 fully saturated rings. The fraction of sp³-hybridized carbons (Fsp3) is 0.500. The van der Waals surface area contributed by atoms with Gasteiger partial charge in [-0.25, -0.2) is 4.57 Å². The average Bonchev–Trinajstić information content (AvgIpc) is 2.09. The topological polar surface area (TPSA) is 29.9 Å². The molecule has 0 radical (unpaired) electrons. The Hall–Kier alpha value is -0.890. The van der Waals surface area contributed by atoms with E-state index in [1.54, 1.807) is 0 Å². The molecule has 0 aromatic carbocycles. The van der Waals surface area contributed by atoms with Crippen molar-refractivity contribution in [1.82, 2.24) is 0 Å². The molecule has 0 saturated carbocycles. The third-order valence-electron chi connectivity index (χ3n) is 1.91. The van der Waals surface area contributed by atoms with Crippen LogP contribution in [0.15, 0.2) is 24.4 Å². The van der Waals surface area contributed by atoms with E-state index in [1.807, 2.05) is 0 Å². The van der Waals surface area contributed by atoms with E-state index in [9.17, 15) is 0 Å². The molecule has 1 rings (SSSR count). The van der Waals surface area contributed by atoms with E-state index in [0.29, 0.717) is 6.54 Å². The molecule has 2 heteroatoms. The van der Waals surface area contributed by atoms with E-state index >= 15 is 0 Å². The molecule has 2 N–H and O–H groups in total. The quantitative estimate of drug-likeness (QED) is 0.660. The van der Waals surface area contributed by atoms with Gasteiger partial charge in [0, 0.05) is 18.6 Å². The summed E-state index contributed by atoms with van der Waals surface area (Å²) in [5, 5.41) is 0. The van der Waals surface area contributed by atoms with E-state index in [4.69, 9.17) is 5.73 Å². The van der Waals surface area contributed by atoms with E-state index < -0.39 is 0 Å². The minimum atomic E-state index is 0.714. The van der Waals surface area contributed by atoms with Gasteiger partial charge in [-0.05, 0) is 6.42 Å². The molecule has 2 nitrogen and oxygen atoms in total. The van der Waals surface area contributed by atoms with Gasteiger partial charge in [-0.2, -0.15) is 0 Å². The van der Waals surface area contributed by atoms with Crippen LogP contribution in [0.3, 0.4) is 0 Å². The number of nitrogens with two attached hydrogens (primary N) is 1. The summed E-state index contributed by atoms with van der Waals surface area (Å²) in [4.78, 5) is 0. The van der Waals surface area contributed by atoms with Crippen molar-refractivity contribution in [1.29, 1.82) is 0 Å². The van der Waals surface area contributed by atoms with E-state index in [-0.39, 0.29) is 0 Å². The molecule has 12 heavy (non-hydrogen) atoms. The third-order valence-corrected chi connectivity index (χ3v) is 1.91. The lowest BCUT2D eigenvalue weighted by atomic mass is 10.2. The van der Waals surface area contributed by atoms with Crippen LogP contribution in [-0.2, 0) is 13.0 Å². The molecule has 0 spiro atoms. The van der Waals surface area contributed by atoms with Gasteiger partial charge in [0.15, 0.2) is 18.4 Å². The third kappa shape index (κ3) is 2.31. The molecule has 66 valence electrons. The molecule has 0 saturated heterocycles. The lowest BCUT2D eigenvalue weighted by molar-refractivity contribution is -0.701. The molecular formula is C10H17N2+. The van der Waals surface area contributed by atoms with Crippen LogP contribution >= 0.6 is 0 Å². The van der Waals surface area contributed by atoms with Crippen LogP contribution in [0.5, 0.6) is 0 Å².